The Morgan fingerprint density at radius 2 is 1.86 bits per heavy atom. The Labute approximate surface area is 136 Å². The first kappa shape index (κ1) is 19.0. The molecule has 4 heteroatoms. The van der Waals surface area contributed by atoms with Crippen molar-refractivity contribution in [2.24, 2.45) is 0 Å². The molecule has 1 rings (SSSR count). The molecule has 2 atom stereocenters. The van der Waals surface area contributed by atoms with E-state index in [1.165, 1.54) is 0 Å². The fourth-order valence-electron chi connectivity index (χ4n) is 2.52. The number of sulfone groups is 1. The quantitative estimate of drug-likeness (QED) is 0.632. The average Bonchev–Trinajstić information content (AvgIpc) is 2.45. The Morgan fingerprint density at radius 1 is 1.14 bits per heavy atom. The van der Waals surface area contributed by atoms with Crippen molar-refractivity contribution in [3.8, 4) is 5.75 Å². The highest BCUT2D eigenvalue weighted by atomic mass is 32.2. The van der Waals surface area contributed by atoms with Gasteiger partial charge in [-0.2, -0.15) is 0 Å². The molecule has 0 bridgehead atoms. The zero-order chi connectivity index (χ0) is 16.6. The van der Waals surface area contributed by atoms with E-state index in [2.05, 4.69) is 13.8 Å². The van der Waals surface area contributed by atoms with Gasteiger partial charge in [-0.3, -0.25) is 0 Å². The second-order valence-electron chi connectivity index (χ2n) is 6.16. The minimum absolute atomic E-state index is 0.00751. The van der Waals surface area contributed by atoms with Gasteiger partial charge in [-0.05, 0) is 43.4 Å². The summed E-state index contributed by atoms with van der Waals surface area (Å²) < 4.78 is 30.1. The Balaban J connectivity index is 2.71. The first-order valence-electron chi connectivity index (χ1n) is 8.35. The number of benzene rings is 1. The van der Waals surface area contributed by atoms with E-state index in [4.69, 9.17) is 4.74 Å². The maximum Gasteiger partial charge on any atom is 0.150 e. The molecule has 0 aromatic heterocycles. The number of hydrogen-bond acceptors (Lipinski definition) is 3. The third-order valence-corrected chi connectivity index (χ3v) is 5.69. The van der Waals surface area contributed by atoms with E-state index in [-0.39, 0.29) is 23.5 Å². The van der Waals surface area contributed by atoms with Crippen molar-refractivity contribution in [2.45, 2.75) is 65.4 Å². The third-order valence-electron chi connectivity index (χ3n) is 3.77. The molecule has 0 heterocycles. The molecule has 1 aromatic carbocycles. The zero-order valence-corrected chi connectivity index (χ0v) is 15.2. The highest BCUT2D eigenvalue weighted by molar-refractivity contribution is 7.91. The molecule has 0 aliphatic carbocycles. The second kappa shape index (κ2) is 9.19. The number of rotatable bonds is 10. The molecule has 0 aliphatic heterocycles. The van der Waals surface area contributed by atoms with E-state index in [0.29, 0.717) is 0 Å². The maximum absolute atomic E-state index is 12.1. The molecular weight excluding hydrogens is 296 g/mol. The second-order valence-corrected chi connectivity index (χ2v) is 8.39. The van der Waals surface area contributed by atoms with Crippen LogP contribution in [0.15, 0.2) is 24.3 Å². The molecule has 0 amide bonds. The van der Waals surface area contributed by atoms with E-state index in [1.54, 1.807) is 0 Å². The van der Waals surface area contributed by atoms with Crippen LogP contribution in [0.4, 0.5) is 0 Å². The molecule has 22 heavy (non-hydrogen) atoms. The largest absolute Gasteiger partial charge is 0.491 e. The molecular formula is C18H30O3S. The van der Waals surface area contributed by atoms with Crippen LogP contribution < -0.4 is 4.74 Å². The van der Waals surface area contributed by atoms with Gasteiger partial charge >= 0.3 is 0 Å². The molecule has 126 valence electrons. The summed E-state index contributed by atoms with van der Waals surface area (Å²) in [4.78, 5) is 0. The third kappa shape index (κ3) is 6.82. The van der Waals surface area contributed by atoms with E-state index in [0.717, 1.165) is 37.0 Å². The van der Waals surface area contributed by atoms with Crippen LogP contribution in [0.2, 0.25) is 0 Å². The summed E-state index contributed by atoms with van der Waals surface area (Å²) in [5.41, 5.74) is 1.03. The maximum atomic E-state index is 12.1. The molecule has 0 spiro atoms. The first-order chi connectivity index (χ1) is 10.4. The topological polar surface area (TPSA) is 43.4 Å². The fraction of sp³-hybridized carbons (Fsp3) is 0.667. The smallest absolute Gasteiger partial charge is 0.150 e. The molecule has 3 nitrogen and oxygen atoms in total. The SMILES string of the molecule is CCCCS(=O)(=O)C[C@H](C)c1cccc(O[C@@H](C)CCC)c1. The van der Waals surface area contributed by atoms with Gasteiger partial charge in [0.2, 0.25) is 0 Å². The first-order valence-corrected chi connectivity index (χ1v) is 10.2. The lowest BCUT2D eigenvalue weighted by Crippen LogP contribution is -2.16. The van der Waals surface area contributed by atoms with E-state index < -0.39 is 9.84 Å². The van der Waals surface area contributed by atoms with Crippen LogP contribution in [-0.2, 0) is 9.84 Å². The van der Waals surface area contributed by atoms with Crippen LogP contribution >= 0.6 is 0 Å². The predicted molar refractivity (Wildman–Crippen MR) is 93.4 cm³/mol. The van der Waals surface area contributed by atoms with Crippen LogP contribution in [0.25, 0.3) is 0 Å². The predicted octanol–water partition coefficient (Wildman–Crippen LogP) is 4.57. The van der Waals surface area contributed by atoms with Crippen LogP contribution in [0.5, 0.6) is 5.75 Å². The summed E-state index contributed by atoms with van der Waals surface area (Å²) in [5, 5.41) is 0. The summed E-state index contributed by atoms with van der Waals surface area (Å²) in [6.07, 6.45) is 3.95. The molecule has 0 saturated heterocycles. The lowest BCUT2D eigenvalue weighted by Gasteiger charge is -2.17. The molecule has 0 saturated carbocycles. The summed E-state index contributed by atoms with van der Waals surface area (Å²) in [7, 11) is -2.98. The summed E-state index contributed by atoms with van der Waals surface area (Å²) in [5.74, 6) is 1.32. The van der Waals surface area contributed by atoms with Gasteiger partial charge in [-0.15, -0.1) is 0 Å². The minimum Gasteiger partial charge on any atom is -0.491 e. The number of hydrogen-bond donors (Lipinski definition) is 0. The molecule has 0 radical (unpaired) electrons. The Hall–Kier alpha value is -1.03. The van der Waals surface area contributed by atoms with E-state index in [9.17, 15) is 8.42 Å². The van der Waals surface area contributed by atoms with Gasteiger partial charge in [0.1, 0.15) is 5.75 Å². The van der Waals surface area contributed by atoms with E-state index in [1.807, 2.05) is 38.1 Å². The molecule has 0 aliphatic rings. The van der Waals surface area contributed by atoms with Crippen molar-refractivity contribution in [3.05, 3.63) is 29.8 Å². The van der Waals surface area contributed by atoms with Crippen molar-refractivity contribution < 1.29 is 13.2 Å². The van der Waals surface area contributed by atoms with Gasteiger partial charge in [0.05, 0.1) is 17.6 Å². The minimum atomic E-state index is -2.98. The van der Waals surface area contributed by atoms with Crippen molar-refractivity contribution in [1.82, 2.24) is 0 Å². The highest BCUT2D eigenvalue weighted by Gasteiger charge is 2.17. The van der Waals surface area contributed by atoms with Gasteiger partial charge in [0, 0.05) is 0 Å². The molecule has 0 unspecified atom stereocenters. The zero-order valence-electron chi connectivity index (χ0n) is 14.3. The van der Waals surface area contributed by atoms with Crippen molar-refractivity contribution >= 4 is 9.84 Å². The van der Waals surface area contributed by atoms with Crippen LogP contribution in [-0.4, -0.2) is 26.0 Å². The molecule has 0 N–H and O–H groups in total. The summed E-state index contributed by atoms with van der Waals surface area (Å²) >= 11 is 0. The fourth-order valence-corrected chi connectivity index (χ4v) is 4.37. The molecule has 1 aromatic rings. The summed E-state index contributed by atoms with van der Waals surface area (Å²) in [6, 6.07) is 7.84. The van der Waals surface area contributed by atoms with Gasteiger partial charge in [-0.25, -0.2) is 8.42 Å². The van der Waals surface area contributed by atoms with Gasteiger partial charge < -0.3 is 4.74 Å². The van der Waals surface area contributed by atoms with Crippen molar-refractivity contribution in [1.29, 1.82) is 0 Å². The highest BCUT2D eigenvalue weighted by Crippen LogP contribution is 2.23. The Kier molecular flexibility index (Phi) is 7.94. The summed E-state index contributed by atoms with van der Waals surface area (Å²) in [6.45, 7) is 8.18. The average molecular weight is 327 g/mol. The molecule has 0 fully saturated rings. The lowest BCUT2D eigenvalue weighted by atomic mass is 10.0. The van der Waals surface area contributed by atoms with Gasteiger partial charge in [0.25, 0.3) is 0 Å². The van der Waals surface area contributed by atoms with Crippen LogP contribution in [0.3, 0.4) is 0 Å². The normalized spacial score (nSPS) is 14.5. The van der Waals surface area contributed by atoms with Crippen molar-refractivity contribution in [2.75, 3.05) is 11.5 Å². The van der Waals surface area contributed by atoms with E-state index >= 15 is 0 Å². The number of unbranched alkanes of at least 4 members (excludes halogenated alkanes) is 1. The Bertz CT molecular complexity index is 537. The lowest BCUT2D eigenvalue weighted by molar-refractivity contribution is 0.209. The van der Waals surface area contributed by atoms with Crippen LogP contribution in [0, 0.1) is 0 Å². The van der Waals surface area contributed by atoms with Gasteiger partial charge in [-0.1, -0.05) is 45.7 Å². The standard InChI is InChI=1S/C18H30O3S/c1-5-7-12-22(19,20)14-15(3)17-10-8-11-18(13-17)21-16(4)9-6-2/h8,10-11,13,15-16H,5-7,9,12,14H2,1-4H3/t15-,16-/m0/s1. The Morgan fingerprint density at radius 3 is 2.50 bits per heavy atom. The monoisotopic (exact) mass is 326 g/mol. The van der Waals surface area contributed by atoms with Crippen molar-refractivity contribution in [3.63, 3.8) is 0 Å². The number of ether oxygens (including phenoxy) is 1. The van der Waals surface area contributed by atoms with Crippen LogP contribution in [0.1, 0.15) is 64.9 Å². The van der Waals surface area contributed by atoms with Gasteiger partial charge in [0.15, 0.2) is 9.84 Å².